The van der Waals surface area contributed by atoms with Gasteiger partial charge in [0.15, 0.2) is 0 Å². The first-order chi connectivity index (χ1) is 21.0. The molecule has 0 fully saturated rings. The van der Waals surface area contributed by atoms with Crippen LogP contribution < -0.4 is 10.2 Å². The summed E-state index contributed by atoms with van der Waals surface area (Å²) in [5, 5.41) is 13.6. The van der Waals surface area contributed by atoms with Crippen molar-refractivity contribution in [2.24, 2.45) is 0 Å². The van der Waals surface area contributed by atoms with Gasteiger partial charge in [0.05, 0.1) is 39.9 Å². The van der Waals surface area contributed by atoms with Gasteiger partial charge in [-0.05, 0) is 38.5 Å². The number of carbonyl (C=O) groups excluding carboxylic acids is 1. The quantitative estimate of drug-likeness (QED) is 0.0330. The molecule has 0 aromatic carbocycles. The maximum atomic E-state index is 12.7. The van der Waals surface area contributed by atoms with Gasteiger partial charge in [-0.15, -0.1) is 0 Å². The smallest absolute Gasteiger partial charge is 0.268 e. The van der Waals surface area contributed by atoms with E-state index < -0.39 is 20.0 Å². The SMILES string of the molecule is CCCCCCCC/C=C\CCCCCCCCCC(=O)NC(COP(=O)([O-])OCC[N+](C)(C)C)C(O)CCCCCCC. The van der Waals surface area contributed by atoms with Crippen LogP contribution in [0.5, 0.6) is 0 Å². The standard InChI is InChI=1S/C35H71N2O6P/c1-6-8-10-12-13-14-15-16-17-18-19-20-21-22-23-25-27-29-35(39)36-33(34(38)28-26-24-11-9-7-2)32-43-44(40,41)42-31-30-37(3,4)5/h16-17,33-34,38H,6-15,18-32H2,1-5H3,(H-,36,39,40,41)/b17-16-. The molecule has 0 saturated heterocycles. The van der Waals surface area contributed by atoms with Crippen molar-refractivity contribution in [3.8, 4) is 0 Å². The van der Waals surface area contributed by atoms with Crippen molar-refractivity contribution in [1.82, 2.24) is 5.32 Å². The topological polar surface area (TPSA) is 108 Å². The third kappa shape index (κ3) is 29.9. The number of nitrogens with zero attached hydrogens (tertiary/aromatic N) is 1. The molecule has 3 unspecified atom stereocenters. The van der Waals surface area contributed by atoms with Crippen LogP contribution in [0.1, 0.15) is 155 Å². The Kier molecular flexibility index (Phi) is 28.0. The van der Waals surface area contributed by atoms with Crippen LogP contribution in [0.3, 0.4) is 0 Å². The number of nitrogens with one attached hydrogen (secondary N) is 1. The van der Waals surface area contributed by atoms with E-state index in [0.717, 1.165) is 51.4 Å². The third-order valence-electron chi connectivity index (χ3n) is 8.00. The van der Waals surface area contributed by atoms with Crippen molar-refractivity contribution in [2.45, 2.75) is 167 Å². The summed E-state index contributed by atoms with van der Waals surface area (Å²) in [6.07, 6.45) is 28.2. The number of hydrogen-bond acceptors (Lipinski definition) is 6. The zero-order chi connectivity index (χ0) is 32.9. The molecule has 44 heavy (non-hydrogen) atoms. The molecule has 0 heterocycles. The van der Waals surface area contributed by atoms with Gasteiger partial charge in [0.1, 0.15) is 13.2 Å². The molecule has 0 aromatic heterocycles. The van der Waals surface area contributed by atoms with Gasteiger partial charge < -0.3 is 28.8 Å². The van der Waals surface area contributed by atoms with Crippen molar-refractivity contribution < 1.29 is 32.9 Å². The number of unbranched alkanes of at least 4 members (excludes halogenated alkanes) is 17. The van der Waals surface area contributed by atoms with Gasteiger partial charge in [0.2, 0.25) is 5.91 Å². The lowest BCUT2D eigenvalue weighted by molar-refractivity contribution is -0.870. The summed E-state index contributed by atoms with van der Waals surface area (Å²) in [6, 6.07) is -0.794. The predicted molar refractivity (Wildman–Crippen MR) is 182 cm³/mol. The molecular formula is C35H71N2O6P. The second-order valence-electron chi connectivity index (χ2n) is 13.6. The summed E-state index contributed by atoms with van der Waals surface area (Å²) in [5.41, 5.74) is 0. The largest absolute Gasteiger partial charge is 0.756 e. The molecular weight excluding hydrogens is 575 g/mol. The van der Waals surface area contributed by atoms with Gasteiger partial charge in [-0.1, -0.05) is 122 Å². The predicted octanol–water partition coefficient (Wildman–Crippen LogP) is 8.22. The number of likely N-dealkylation sites (N-methyl/N-ethyl adjacent to an activating group) is 1. The lowest BCUT2D eigenvalue weighted by Crippen LogP contribution is -2.46. The molecule has 0 bridgehead atoms. The Labute approximate surface area is 272 Å². The van der Waals surface area contributed by atoms with Gasteiger partial charge in [-0.3, -0.25) is 9.36 Å². The van der Waals surface area contributed by atoms with Crippen LogP contribution in [0.15, 0.2) is 12.2 Å². The summed E-state index contributed by atoms with van der Waals surface area (Å²) in [4.78, 5) is 25.0. The summed E-state index contributed by atoms with van der Waals surface area (Å²) < 4.78 is 22.9. The number of allylic oxidation sites excluding steroid dienone is 2. The number of phosphoric ester groups is 1. The highest BCUT2D eigenvalue weighted by molar-refractivity contribution is 7.45. The summed E-state index contributed by atoms with van der Waals surface area (Å²) in [5.74, 6) is -0.178. The van der Waals surface area contributed by atoms with E-state index >= 15 is 0 Å². The molecule has 8 nitrogen and oxygen atoms in total. The van der Waals surface area contributed by atoms with Crippen molar-refractivity contribution in [3.63, 3.8) is 0 Å². The monoisotopic (exact) mass is 647 g/mol. The van der Waals surface area contributed by atoms with E-state index in [4.69, 9.17) is 9.05 Å². The fourth-order valence-corrected chi connectivity index (χ4v) is 5.75. The zero-order valence-electron chi connectivity index (χ0n) is 29.4. The number of phosphoric acid groups is 1. The van der Waals surface area contributed by atoms with Crippen LogP contribution in [-0.4, -0.2) is 68.5 Å². The minimum atomic E-state index is -4.54. The van der Waals surface area contributed by atoms with E-state index in [9.17, 15) is 19.4 Å². The van der Waals surface area contributed by atoms with E-state index in [1.807, 2.05) is 21.1 Å². The number of aliphatic hydroxyl groups is 1. The molecule has 3 atom stereocenters. The van der Waals surface area contributed by atoms with Crippen LogP contribution in [0.2, 0.25) is 0 Å². The van der Waals surface area contributed by atoms with Gasteiger partial charge in [0, 0.05) is 6.42 Å². The van der Waals surface area contributed by atoms with Gasteiger partial charge in [-0.25, -0.2) is 0 Å². The minimum absolute atomic E-state index is 0.0116. The van der Waals surface area contributed by atoms with Gasteiger partial charge in [0.25, 0.3) is 7.82 Å². The van der Waals surface area contributed by atoms with Crippen molar-refractivity contribution in [2.75, 3.05) is 40.9 Å². The maximum Gasteiger partial charge on any atom is 0.268 e. The Morgan fingerprint density at radius 1 is 0.773 bits per heavy atom. The fraction of sp³-hybridized carbons (Fsp3) is 0.914. The van der Waals surface area contributed by atoms with Gasteiger partial charge in [-0.2, -0.15) is 0 Å². The highest BCUT2D eigenvalue weighted by atomic mass is 31.2. The van der Waals surface area contributed by atoms with Crippen LogP contribution in [0.25, 0.3) is 0 Å². The Balaban J connectivity index is 4.25. The molecule has 0 aromatic rings. The highest BCUT2D eigenvalue weighted by Crippen LogP contribution is 2.38. The molecule has 1 amide bonds. The molecule has 9 heteroatoms. The van der Waals surface area contributed by atoms with Crippen molar-refractivity contribution >= 4 is 13.7 Å². The summed E-state index contributed by atoms with van der Waals surface area (Å²) in [6.45, 7) is 4.60. The Morgan fingerprint density at radius 2 is 1.25 bits per heavy atom. The third-order valence-corrected chi connectivity index (χ3v) is 8.97. The summed E-state index contributed by atoms with van der Waals surface area (Å²) in [7, 11) is 1.30. The number of quaternary nitrogens is 1. The van der Waals surface area contributed by atoms with Crippen LogP contribution >= 0.6 is 7.82 Å². The van der Waals surface area contributed by atoms with Crippen LogP contribution in [0, 0.1) is 0 Å². The molecule has 0 aliphatic carbocycles. The lowest BCUT2D eigenvalue weighted by Gasteiger charge is -2.30. The number of rotatable bonds is 32. The fourth-order valence-electron chi connectivity index (χ4n) is 5.03. The van der Waals surface area contributed by atoms with E-state index in [0.29, 0.717) is 23.9 Å². The Morgan fingerprint density at radius 3 is 1.77 bits per heavy atom. The molecule has 0 aliphatic heterocycles. The van der Waals surface area contributed by atoms with Crippen molar-refractivity contribution in [3.05, 3.63) is 12.2 Å². The first-order valence-corrected chi connectivity index (χ1v) is 19.5. The number of amides is 1. The minimum Gasteiger partial charge on any atom is -0.756 e. The van der Waals surface area contributed by atoms with Crippen LogP contribution in [0.4, 0.5) is 0 Å². The van der Waals surface area contributed by atoms with E-state index in [1.54, 1.807) is 0 Å². The maximum absolute atomic E-state index is 12.7. The van der Waals surface area contributed by atoms with Crippen molar-refractivity contribution in [1.29, 1.82) is 0 Å². The molecule has 262 valence electrons. The molecule has 2 N–H and O–H groups in total. The number of aliphatic hydroxyl groups excluding tert-OH is 1. The number of hydrogen-bond donors (Lipinski definition) is 2. The highest BCUT2D eigenvalue weighted by Gasteiger charge is 2.24. The first kappa shape index (κ1) is 43.2. The second-order valence-corrected chi connectivity index (χ2v) is 15.0. The molecule has 0 radical (unpaired) electrons. The molecule has 0 saturated carbocycles. The lowest BCUT2D eigenvalue weighted by atomic mass is 10.0. The van der Waals surface area contributed by atoms with E-state index in [2.05, 4.69) is 31.3 Å². The van der Waals surface area contributed by atoms with Crippen LogP contribution in [-0.2, 0) is 18.4 Å². The average molecular weight is 647 g/mol. The molecule has 0 aliphatic rings. The Hall–Kier alpha value is -0.760. The molecule has 0 rings (SSSR count). The zero-order valence-corrected chi connectivity index (χ0v) is 30.3. The average Bonchev–Trinajstić information content (AvgIpc) is 2.95. The van der Waals surface area contributed by atoms with Gasteiger partial charge >= 0.3 is 0 Å². The number of carbonyl (C=O) groups is 1. The second kappa shape index (κ2) is 28.5. The first-order valence-electron chi connectivity index (χ1n) is 18.0. The molecule has 0 spiro atoms. The van der Waals surface area contributed by atoms with E-state index in [-0.39, 0.29) is 19.1 Å². The Bertz CT molecular complexity index is 743. The normalized spacial score (nSPS) is 15.0. The summed E-state index contributed by atoms with van der Waals surface area (Å²) >= 11 is 0. The van der Waals surface area contributed by atoms with E-state index in [1.165, 1.54) is 77.0 Å².